The van der Waals surface area contributed by atoms with Crippen molar-refractivity contribution < 1.29 is 38.5 Å². The first kappa shape index (κ1) is 16.7. The molecule has 0 saturated carbocycles. The molecule has 1 saturated heterocycles. The molecule has 11 heteroatoms. The van der Waals surface area contributed by atoms with Crippen LogP contribution in [0, 0.1) is 5.82 Å². The molecule has 1 aromatic rings. The number of halogens is 6. The van der Waals surface area contributed by atoms with E-state index in [-0.39, 0.29) is 30.8 Å². The summed E-state index contributed by atoms with van der Waals surface area (Å²) in [5, 5.41) is 8.57. The Kier molecular flexibility index (Phi) is 3.38. The first-order chi connectivity index (χ1) is 9.76. The van der Waals surface area contributed by atoms with Crippen LogP contribution in [0.15, 0.2) is 23.1 Å². The van der Waals surface area contributed by atoms with Crippen LogP contribution in [0.25, 0.3) is 0 Å². The lowest BCUT2D eigenvalue weighted by Crippen LogP contribution is -2.54. The number of likely N-dealkylation sites (tertiary alicyclic amines) is 1. The fraction of sp³-hybridized carbons (Fsp3) is 0.364. The first-order valence-corrected chi connectivity index (χ1v) is 7.83. The highest BCUT2D eigenvalue weighted by Gasteiger charge is 2.65. The van der Waals surface area contributed by atoms with Gasteiger partial charge in [0.05, 0.1) is 25.8 Å². The number of carbonyl (C=O) groups is 1. The molecular formula is C11H11F6NO3S. The summed E-state index contributed by atoms with van der Waals surface area (Å²) in [6, 6.07) is 0.425. The minimum absolute atomic E-state index is 0.0560. The first-order valence-electron chi connectivity index (χ1n) is 5.88. The van der Waals surface area contributed by atoms with Gasteiger partial charge in [0, 0.05) is 5.56 Å². The maximum Gasteiger partial charge on any atom is 0.407 e. The van der Waals surface area contributed by atoms with Gasteiger partial charge in [0.2, 0.25) is 0 Å². The Morgan fingerprint density at radius 2 is 1.86 bits per heavy atom. The van der Waals surface area contributed by atoms with E-state index in [1.807, 2.05) is 0 Å². The molecule has 1 aliphatic rings. The zero-order valence-electron chi connectivity index (χ0n) is 10.8. The van der Waals surface area contributed by atoms with Crippen molar-refractivity contribution in [2.24, 2.45) is 0 Å². The van der Waals surface area contributed by atoms with Crippen LogP contribution in [-0.4, -0.2) is 35.3 Å². The number of carboxylic acid groups (broad SMARTS) is 1. The van der Waals surface area contributed by atoms with Gasteiger partial charge in [0.25, 0.3) is 0 Å². The normalized spacial score (nSPS) is 19.3. The lowest BCUT2D eigenvalue weighted by Gasteiger charge is -2.40. The summed E-state index contributed by atoms with van der Waals surface area (Å²) in [4.78, 5) is 9.21. The number of hydrogen-bond donors (Lipinski definition) is 1. The largest absolute Gasteiger partial charge is 0.465 e. The smallest absolute Gasteiger partial charge is 0.407 e. The fourth-order valence-electron chi connectivity index (χ4n) is 1.79. The van der Waals surface area contributed by atoms with E-state index in [9.17, 15) is 28.6 Å². The highest BCUT2D eigenvalue weighted by molar-refractivity contribution is 8.45. The molecule has 1 amide bonds. The minimum atomic E-state index is -9.91. The van der Waals surface area contributed by atoms with Gasteiger partial charge in [-0.3, -0.25) is 0 Å². The predicted molar refractivity (Wildman–Crippen MR) is 66.0 cm³/mol. The molecule has 0 bridgehead atoms. The van der Waals surface area contributed by atoms with E-state index in [1.54, 1.807) is 0 Å². The van der Waals surface area contributed by atoms with Crippen molar-refractivity contribution in [3.63, 3.8) is 0 Å². The van der Waals surface area contributed by atoms with Gasteiger partial charge in [-0.1, -0.05) is 25.5 Å². The van der Waals surface area contributed by atoms with E-state index in [2.05, 4.69) is 0 Å². The highest BCUT2D eigenvalue weighted by Crippen LogP contribution is 3.02. The second-order valence-electron chi connectivity index (χ2n) is 4.84. The molecule has 1 N–H and O–H groups in total. The zero-order chi connectivity index (χ0) is 16.8. The van der Waals surface area contributed by atoms with E-state index in [4.69, 9.17) is 9.84 Å². The maximum absolute atomic E-state index is 13.5. The topological polar surface area (TPSA) is 49.8 Å². The van der Waals surface area contributed by atoms with Crippen molar-refractivity contribution in [2.75, 3.05) is 13.1 Å². The highest BCUT2D eigenvalue weighted by atomic mass is 32.5. The number of benzene rings is 1. The van der Waals surface area contributed by atoms with Crippen molar-refractivity contribution in [3.8, 4) is 0 Å². The second-order valence-corrected chi connectivity index (χ2v) is 7.25. The minimum Gasteiger partial charge on any atom is -0.465 e. The molecule has 126 valence electrons. The van der Waals surface area contributed by atoms with Gasteiger partial charge in [0.15, 0.2) is 0 Å². The zero-order valence-corrected chi connectivity index (χ0v) is 11.6. The monoisotopic (exact) mass is 351 g/mol. The van der Waals surface area contributed by atoms with Crippen molar-refractivity contribution >= 4 is 16.3 Å². The van der Waals surface area contributed by atoms with Crippen LogP contribution in [0.4, 0.5) is 28.6 Å². The molecule has 1 heterocycles. The molecule has 0 atom stereocenters. The Hall–Kier alpha value is -1.62. The Balaban J connectivity index is 2.02. The van der Waals surface area contributed by atoms with Crippen LogP contribution in [0.3, 0.4) is 0 Å². The summed E-state index contributed by atoms with van der Waals surface area (Å²) >= 11 is 0. The standard InChI is InChI=1S/C11H11F6NO3S/c12-10-3-9(22(13,14,15,16)17)2-1-7(10)6-21-8-4-18(5-8)11(19)20/h1-3,8H,4-6H2,(H,19,20). The number of nitrogens with zero attached hydrogens (tertiary/aromatic N) is 1. The van der Waals surface area contributed by atoms with Crippen LogP contribution in [0.1, 0.15) is 5.56 Å². The molecule has 1 aromatic carbocycles. The van der Waals surface area contributed by atoms with Crippen LogP contribution in [0.2, 0.25) is 0 Å². The molecule has 4 nitrogen and oxygen atoms in total. The van der Waals surface area contributed by atoms with Gasteiger partial charge >= 0.3 is 16.3 Å². The summed E-state index contributed by atoms with van der Waals surface area (Å²) in [6.45, 7) is -0.328. The lowest BCUT2D eigenvalue weighted by atomic mass is 10.2. The summed E-state index contributed by atoms with van der Waals surface area (Å²) in [5.41, 5.74) is -0.320. The molecule has 0 aliphatic carbocycles. The molecule has 0 unspecified atom stereocenters. The van der Waals surface area contributed by atoms with Crippen molar-refractivity contribution in [1.82, 2.24) is 4.90 Å². The predicted octanol–water partition coefficient (Wildman–Crippen LogP) is 4.36. The molecular weight excluding hydrogens is 340 g/mol. The van der Waals surface area contributed by atoms with Gasteiger partial charge in [-0.15, -0.1) is 0 Å². The Labute approximate surface area is 121 Å². The number of hydrogen-bond acceptors (Lipinski definition) is 2. The summed E-state index contributed by atoms with van der Waals surface area (Å²) in [5.74, 6) is -1.46. The van der Waals surface area contributed by atoms with E-state index >= 15 is 0 Å². The van der Waals surface area contributed by atoms with Gasteiger partial charge in [-0.05, 0) is 12.1 Å². The summed E-state index contributed by atoms with van der Waals surface area (Å²) in [6.07, 6.45) is -1.66. The number of rotatable bonds is 4. The molecule has 22 heavy (non-hydrogen) atoms. The average molecular weight is 351 g/mol. The van der Waals surface area contributed by atoms with Crippen LogP contribution >= 0.6 is 10.2 Å². The molecule has 1 aliphatic heterocycles. The number of ether oxygens (including phenoxy) is 1. The Bertz CT molecular complexity index is 614. The Morgan fingerprint density at radius 3 is 2.32 bits per heavy atom. The van der Waals surface area contributed by atoms with Crippen LogP contribution in [0.5, 0.6) is 0 Å². The molecule has 0 spiro atoms. The van der Waals surface area contributed by atoms with Crippen molar-refractivity contribution in [1.29, 1.82) is 0 Å². The van der Waals surface area contributed by atoms with Gasteiger partial charge in [-0.2, -0.15) is 0 Å². The molecule has 2 rings (SSSR count). The average Bonchev–Trinajstić information content (AvgIpc) is 2.24. The lowest BCUT2D eigenvalue weighted by molar-refractivity contribution is -0.0529. The SMILES string of the molecule is O=C(O)N1CC(OCc2ccc(S(F)(F)(F)(F)F)cc2F)C1. The number of amides is 1. The van der Waals surface area contributed by atoms with Crippen LogP contribution < -0.4 is 0 Å². The van der Waals surface area contributed by atoms with Crippen molar-refractivity contribution in [2.45, 2.75) is 17.6 Å². The maximum atomic E-state index is 13.5. The van der Waals surface area contributed by atoms with E-state index in [0.29, 0.717) is 6.07 Å². The van der Waals surface area contributed by atoms with Gasteiger partial charge in [-0.25, -0.2) is 9.18 Å². The van der Waals surface area contributed by atoms with Crippen molar-refractivity contribution in [3.05, 3.63) is 29.6 Å². The van der Waals surface area contributed by atoms with Crippen LogP contribution in [-0.2, 0) is 11.3 Å². The summed E-state index contributed by atoms with van der Waals surface area (Å²) < 4.78 is 81.1. The van der Waals surface area contributed by atoms with Gasteiger partial charge in [0.1, 0.15) is 10.7 Å². The second kappa shape index (κ2) is 4.44. The van der Waals surface area contributed by atoms with E-state index in [1.165, 1.54) is 0 Å². The Morgan fingerprint density at radius 1 is 1.27 bits per heavy atom. The van der Waals surface area contributed by atoms with E-state index in [0.717, 1.165) is 4.90 Å². The molecule has 1 fully saturated rings. The quantitative estimate of drug-likeness (QED) is 0.820. The molecule has 0 radical (unpaired) electrons. The molecule has 0 aromatic heterocycles. The fourth-order valence-corrected chi connectivity index (χ4v) is 2.44. The van der Waals surface area contributed by atoms with E-state index < -0.39 is 39.7 Å². The third-order valence-electron chi connectivity index (χ3n) is 3.06. The third-order valence-corrected chi connectivity index (χ3v) is 4.21. The third kappa shape index (κ3) is 3.77. The summed E-state index contributed by atoms with van der Waals surface area (Å²) in [7, 11) is -9.91. The van der Waals surface area contributed by atoms with Gasteiger partial charge < -0.3 is 14.7 Å².